The summed E-state index contributed by atoms with van der Waals surface area (Å²) in [5.41, 5.74) is 4.91. The van der Waals surface area contributed by atoms with Crippen LogP contribution in [0.25, 0.3) is 0 Å². The molecule has 0 aromatic carbocycles. The summed E-state index contributed by atoms with van der Waals surface area (Å²) in [6, 6.07) is 0. The van der Waals surface area contributed by atoms with Gasteiger partial charge in [-0.25, -0.2) is 5.43 Å². The molecule has 0 fully saturated rings. The summed E-state index contributed by atoms with van der Waals surface area (Å²) in [5, 5.41) is 0. The van der Waals surface area contributed by atoms with Crippen molar-refractivity contribution in [3.05, 3.63) is 0 Å². The molecule has 0 aromatic heterocycles. The number of hydrogen-bond acceptors (Lipinski definition) is 3. The molecule has 0 aliphatic rings. The lowest BCUT2D eigenvalue weighted by Crippen LogP contribution is -2.36. The van der Waals surface area contributed by atoms with E-state index in [9.17, 15) is 4.79 Å². The Morgan fingerprint density at radius 1 is 1.60 bits per heavy atom. The van der Waals surface area contributed by atoms with Crippen molar-refractivity contribution in [2.24, 2.45) is 0 Å². The first-order valence-electron chi connectivity index (χ1n) is 3.34. The van der Waals surface area contributed by atoms with E-state index in [0.717, 1.165) is 6.42 Å². The highest BCUT2D eigenvalue weighted by atomic mass is 16.5. The van der Waals surface area contributed by atoms with E-state index in [4.69, 9.17) is 4.74 Å². The number of hydrogen-bond donors (Lipinski definition) is 2. The van der Waals surface area contributed by atoms with Gasteiger partial charge in [-0.2, -0.15) is 0 Å². The Labute approximate surface area is 60.9 Å². The molecule has 0 radical (unpaired) electrons. The molecule has 0 bridgehead atoms. The minimum Gasteiger partial charge on any atom is -0.372 e. The Morgan fingerprint density at radius 3 is 2.80 bits per heavy atom. The van der Waals surface area contributed by atoms with Gasteiger partial charge in [0.25, 0.3) is 5.91 Å². The van der Waals surface area contributed by atoms with E-state index in [0.29, 0.717) is 6.61 Å². The van der Waals surface area contributed by atoms with Gasteiger partial charge in [0.05, 0.1) is 0 Å². The highest BCUT2D eigenvalue weighted by Gasteiger charge is 1.96. The van der Waals surface area contributed by atoms with Gasteiger partial charge < -0.3 is 4.74 Å². The van der Waals surface area contributed by atoms with Gasteiger partial charge in [-0.1, -0.05) is 6.92 Å². The van der Waals surface area contributed by atoms with Crippen LogP contribution in [0, 0.1) is 0 Å². The second-order valence-corrected chi connectivity index (χ2v) is 1.85. The second-order valence-electron chi connectivity index (χ2n) is 1.85. The third-order valence-corrected chi connectivity index (χ3v) is 0.846. The standard InChI is InChI=1S/C6H14N2O2/c1-3-4-10-5-6(9)8-7-2/h7H,3-5H2,1-2H3,(H,8,9). The first-order valence-corrected chi connectivity index (χ1v) is 3.34. The minimum absolute atomic E-state index is 0.134. The van der Waals surface area contributed by atoms with E-state index < -0.39 is 0 Å². The Morgan fingerprint density at radius 2 is 2.30 bits per heavy atom. The molecular weight excluding hydrogens is 132 g/mol. The molecule has 0 saturated carbocycles. The molecule has 0 rings (SSSR count). The first kappa shape index (κ1) is 9.39. The summed E-state index contributed by atoms with van der Waals surface area (Å²) in [4.78, 5) is 10.6. The van der Waals surface area contributed by atoms with Gasteiger partial charge in [0, 0.05) is 13.7 Å². The highest BCUT2D eigenvalue weighted by Crippen LogP contribution is 1.78. The van der Waals surface area contributed by atoms with Crippen molar-refractivity contribution < 1.29 is 9.53 Å². The van der Waals surface area contributed by atoms with Crippen LogP contribution in [0.4, 0.5) is 0 Å². The Hall–Kier alpha value is -0.610. The van der Waals surface area contributed by atoms with E-state index in [1.54, 1.807) is 7.05 Å². The third kappa shape index (κ3) is 5.53. The SMILES string of the molecule is CCCOCC(=O)NNC. The molecule has 2 N–H and O–H groups in total. The van der Waals surface area contributed by atoms with Gasteiger partial charge in [-0.15, -0.1) is 0 Å². The lowest BCUT2D eigenvalue weighted by Gasteiger charge is -2.02. The van der Waals surface area contributed by atoms with Gasteiger partial charge in [0.1, 0.15) is 6.61 Å². The third-order valence-electron chi connectivity index (χ3n) is 0.846. The number of rotatable bonds is 5. The van der Waals surface area contributed by atoms with Crippen molar-refractivity contribution in [2.45, 2.75) is 13.3 Å². The Bertz CT molecular complexity index is 95.7. The lowest BCUT2D eigenvalue weighted by molar-refractivity contribution is -0.126. The number of hydrazine groups is 1. The van der Waals surface area contributed by atoms with Crippen LogP contribution in [-0.4, -0.2) is 26.2 Å². The molecule has 0 aliphatic carbocycles. The Balaban J connectivity index is 3.05. The summed E-state index contributed by atoms with van der Waals surface area (Å²) in [6.07, 6.45) is 0.937. The van der Waals surface area contributed by atoms with Crippen LogP contribution in [0.2, 0.25) is 0 Å². The quantitative estimate of drug-likeness (QED) is 0.412. The average molecular weight is 146 g/mol. The topological polar surface area (TPSA) is 50.4 Å². The zero-order chi connectivity index (χ0) is 7.82. The fourth-order valence-electron chi connectivity index (χ4n) is 0.485. The summed E-state index contributed by atoms with van der Waals surface area (Å²) in [5.74, 6) is -0.143. The summed E-state index contributed by atoms with van der Waals surface area (Å²) in [6.45, 7) is 2.77. The van der Waals surface area contributed by atoms with Crippen molar-refractivity contribution in [1.29, 1.82) is 0 Å². The predicted molar refractivity (Wildman–Crippen MR) is 38.3 cm³/mol. The normalized spacial score (nSPS) is 9.40. The molecule has 1 amide bonds. The molecule has 0 aliphatic heterocycles. The van der Waals surface area contributed by atoms with Crippen LogP contribution in [-0.2, 0) is 9.53 Å². The van der Waals surface area contributed by atoms with Crippen molar-refractivity contribution in [2.75, 3.05) is 20.3 Å². The molecule has 4 heteroatoms. The molecule has 0 saturated heterocycles. The molecule has 4 nitrogen and oxygen atoms in total. The average Bonchev–Trinajstić information content (AvgIpc) is 1.89. The molecule has 0 aromatic rings. The van der Waals surface area contributed by atoms with Crippen LogP contribution < -0.4 is 10.9 Å². The van der Waals surface area contributed by atoms with E-state index in [2.05, 4.69) is 10.9 Å². The van der Waals surface area contributed by atoms with Crippen LogP contribution in [0.5, 0.6) is 0 Å². The smallest absolute Gasteiger partial charge is 0.260 e. The van der Waals surface area contributed by atoms with E-state index in [1.165, 1.54) is 0 Å². The summed E-state index contributed by atoms with van der Waals surface area (Å²) >= 11 is 0. The number of carbonyl (C=O) groups is 1. The van der Waals surface area contributed by atoms with Crippen LogP contribution >= 0.6 is 0 Å². The molecule has 60 valence electrons. The summed E-state index contributed by atoms with van der Waals surface area (Å²) in [7, 11) is 1.64. The van der Waals surface area contributed by atoms with Crippen LogP contribution in [0.1, 0.15) is 13.3 Å². The number of carbonyl (C=O) groups excluding carboxylic acids is 1. The van der Waals surface area contributed by atoms with Gasteiger partial charge >= 0.3 is 0 Å². The van der Waals surface area contributed by atoms with Crippen molar-refractivity contribution in [1.82, 2.24) is 10.9 Å². The lowest BCUT2D eigenvalue weighted by atomic mass is 10.5. The fourth-order valence-corrected chi connectivity index (χ4v) is 0.485. The van der Waals surface area contributed by atoms with Gasteiger partial charge in [-0.05, 0) is 6.42 Å². The number of nitrogens with one attached hydrogen (secondary N) is 2. The zero-order valence-corrected chi connectivity index (χ0v) is 6.44. The van der Waals surface area contributed by atoms with Crippen molar-refractivity contribution >= 4 is 5.91 Å². The number of amides is 1. The molecule has 0 spiro atoms. The summed E-state index contributed by atoms with van der Waals surface area (Å²) < 4.78 is 4.95. The molecular formula is C6H14N2O2. The molecule has 0 unspecified atom stereocenters. The maximum Gasteiger partial charge on any atom is 0.260 e. The largest absolute Gasteiger partial charge is 0.372 e. The first-order chi connectivity index (χ1) is 4.81. The number of ether oxygens (including phenoxy) is 1. The highest BCUT2D eigenvalue weighted by molar-refractivity contribution is 5.76. The van der Waals surface area contributed by atoms with E-state index >= 15 is 0 Å². The van der Waals surface area contributed by atoms with Crippen LogP contribution in [0.15, 0.2) is 0 Å². The molecule has 0 atom stereocenters. The van der Waals surface area contributed by atoms with Crippen molar-refractivity contribution in [3.63, 3.8) is 0 Å². The minimum atomic E-state index is -0.143. The van der Waals surface area contributed by atoms with E-state index in [1.807, 2.05) is 6.92 Å². The molecule has 0 heterocycles. The zero-order valence-electron chi connectivity index (χ0n) is 6.44. The van der Waals surface area contributed by atoms with Gasteiger partial charge in [0.15, 0.2) is 0 Å². The fraction of sp³-hybridized carbons (Fsp3) is 0.833. The van der Waals surface area contributed by atoms with Crippen LogP contribution in [0.3, 0.4) is 0 Å². The molecule has 10 heavy (non-hydrogen) atoms. The Kier molecular flexibility index (Phi) is 6.11. The maximum atomic E-state index is 10.6. The monoisotopic (exact) mass is 146 g/mol. The maximum absolute atomic E-state index is 10.6. The van der Waals surface area contributed by atoms with E-state index in [-0.39, 0.29) is 12.5 Å². The van der Waals surface area contributed by atoms with Gasteiger partial charge in [-0.3, -0.25) is 10.2 Å². The van der Waals surface area contributed by atoms with Crippen molar-refractivity contribution in [3.8, 4) is 0 Å². The second kappa shape index (κ2) is 6.51. The predicted octanol–water partition coefficient (Wildman–Crippen LogP) is -0.336. The van der Waals surface area contributed by atoms with Gasteiger partial charge in [0.2, 0.25) is 0 Å².